The van der Waals surface area contributed by atoms with Gasteiger partial charge in [0.15, 0.2) is 0 Å². The largest absolute Gasteiger partial charge is 0.358 e. The number of rotatable bonds is 7. The molecule has 3 N–H and O–H groups in total. The van der Waals surface area contributed by atoms with Gasteiger partial charge in [0.25, 0.3) is 5.91 Å². The monoisotopic (exact) mass is 277 g/mol. The second-order valence-electron chi connectivity index (χ2n) is 4.60. The van der Waals surface area contributed by atoms with Gasteiger partial charge in [0.05, 0.1) is 6.54 Å². The third-order valence-electron chi connectivity index (χ3n) is 3.06. The van der Waals surface area contributed by atoms with Crippen molar-refractivity contribution in [2.24, 2.45) is 5.73 Å². The summed E-state index contributed by atoms with van der Waals surface area (Å²) >= 11 is 0. The van der Waals surface area contributed by atoms with Crippen molar-refractivity contribution < 1.29 is 9.59 Å². The van der Waals surface area contributed by atoms with Crippen molar-refractivity contribution in [3.8, 4) is 0 Å². The van der Waals surface area contributed by atoms with Crippen LogP contribution in [0.25, 0.3) is 0 Å². The van der Waals surface area contributed by atoms with Crippen LogP contribution in [0.3, 0.4) is 0 Å². The molecule has 1 aromatic rings. The summed E-state index contributed by atoms with van der Waals surface area (Å²) in [5.41, 5.74) is 7.14. The summed E-state index contributed by atoms with van der Waals surface area (Å²) in [6.45, 7) is 3.12. The van der Waals surface area contributed by atoms with Gasteiger partial charge in [0.1, 0.15) is 0 Å². The predicted molar refractivity (Wildman–Crippen MR) is 79.5 cm³/mol. The van der Waals surface area contributed by atoms with E-state index < -0.39 is 0 Å². The van der Waals surface area contributed by atoms with Crippen molar-refractivity contribution in [2.75, 3.05) is 26.7 Å². The fourth-order valence-corrected chi connectivity index (χ4v) is 2.05. The first-order chi connectivity index (χ1) is 9.63. The molecule has 0 atom stereocenters. The lowest BCUT2D eigenvalue weighted by Gasteiger charge is -2.22. The molecule has 0 aliphatic carbocycles. The molecular weight excluding hydrogens is 254 g/mol. The topological polar surface area (TPSA) is 75.4 Å². The lowest BCUT2D eigenvalue weighted by Crippen LogP contribution is -2.40. The molecule has 5 heteroatoms. The van der Waals surface area contributed by atoms with Gasteiger partial charge in [-0.2, -0.15) is 0 Å². The Bertz CT molecular complexity index is 460. The number of amides is 2. The van der Waals surface area contributed by atoms with Gasteiger partial charge in [-0.15, -0.1) is 0 Å². The lowest BCUT2D eigenvalue weighted by atomic mass is 10.0. The Kier molecular flexibility index (Phi) is 6.73. The molecule has 5 nitrogen and oxygen atoms in total. The number of likely N-dealkylation sites (N-methyl/N-ethyl adjacent to an activating group) is 1. The van der Waals surface area contributed by atoms with Crippen molar-refractivity contribution in [2.45, 2.75) is 19.8 Å². The maximum absolute atomic E-state index is 12.6. The van der Waals surface area contributed by atoms with Crippen LogP contribution < -0.4 is 11.1 Å². The SMILES string of the molecule is CCCN(CC(=O)NC)C(=O)c1ccccc1CCN. The first-order valence-electron chi connectivity index (χ1n) is 6.91. The number of nitrogens with one attached hydrogen (secondary N) is 1. The molecule has 1 aromatic carbocycles. The Morgan fingerprint density at radius 1 is 1.30 bits per heavy atom. The summed E-state index contributed by atoms with van der Waals surface area (Å²) in [6.07, 6.45) is 1.46. The summed E-state index contributed by atoms with van der Waals surface area (Å²) in [5.74, 6) is -0.275. The van der Waals surface area contributed by atoms with E-state index in [1.165, 1.54) is 0 Å². The number of hydrogen-bond acceptors (Lipinski definition) is 3. The van der Waals surface area contributed by atoms with E-state index in [1.54, 1.807) is 18.0 Å². The van der Waals surface area contributed by atoms with Crippen LogP contribution in [0.1, 0.15) is 29.3 Å². The molecule has 20 heavy (non-hydrogen) atoms. The van der Waals surface area contributed by atoms with Gasteiger partial charge in [0, 0.05) is 19.2 Å². The van der Waals surface area contributed by atoms with Crippen molar-refractivity contribution in [1.82, 2.24) is 10.2 Å². The van der Waals surface area contributed by atoms with E-state index in [9.17, 15) is 9.59 Å². The van der Waals surface area contributed by atoms with E-state index in [-0.39, 0.29) is 18.4 Å². The van der Waals surface area contributed by atoms with Gasteiger partial charge in [0.2, 0.25) is 5.91 Å². The fraction of sp³-hybridized carbons (Fsp3) is 0.467. The summed E-state index contributed by atoms with van der Waals surface area (Å²) in [7, 11) is 1.57. The molecule has 0 spiro atoms. The molecule has 0 saturated heterocycles. The third-order valence-corrected chi connectivity index (χ3v) is 3.06. The average molecular weight is 277 g/mol. The molecule has 110 valence electrons. The zero-order chi connectivity index (χ0) is 15.0. The highest BCUT2D eigenvalue weighted by molar-refractivity contribution is 5.97. The smallest absolute Gasteiger partial charge is 0.254 e. The Hall–Kier alpha value is -1.88. The van der Waals surface area contributed by atoms with Crippen molar-refractivity contribution >= 4 is 11.8 Å². The lowest BCUT2D eigenvalue weighted by molar-refractivity contribution is -0.121. The predicted octanol–water partition coefficient (Wildman–Crippen LogP) is 0.786. The normalized spacial score (nSPS) is 10.2. The summed E-state index contributed by atoms with van der Waals surface area (Å²) in [5, 5.41) is 2.55. The molecule has 1 rings (SSSR count). The highest BCUT2D eigenvalue weighted by Crippen LogP contribution is 2.12. The first-order valence-corrected chi connectivity index (χ1v) is 6.91. The molecule has 0 saturated carbocycles. The fourth-order valence-electron chi connectivity index (χ4n) is 2.05. The minimum Gasteiger partial charge on any atom is -0.358 e. The molecule has 2 amide bonds. The number of hydrogen-bond donors (Lipinski definition) is 2. The number of carbonyl (C=O) groups is 2. The van der Waals surface area contributed by atoms with Crippen LogP contribution in [-0.2, 0) is 11.2 Å². The van der Waals surface area contributed by atoms with Gasteiger partial charge < -0.3 is 16.0 Å². The zero-order valence-corrected chi connectivity index (χ0v) is 12.2. The minimum absolute atomic E-state index is 0.0835. The summed E-state index contributed by atoms with van der Waals surface area (Å²) < 4.78 is 0. The molecule has 0 aromatic heterocycles. The van der Waals surface area contributed by atoms with Gasteiger partial charge in [-0.3, -0.25) is 9.59 Å². The van der Waals surface area contributed by atoms with Crippen LogP contribution in [0.15, 0.2) is 24.3 Å². The molecule has 0 aliphatic rings. The van der Waals surface area contributed by atoms with Crippen molar-refractivity contribution in [1.29, 1.82) is 0 Å². The van der Waals surface area contributed by atoms with Crippen molar-refractivity contribution in [3.05, 3.63) is 35.4 Å². The highest BCUT2D eigenvalue weighted by Gasteiger charge is 2.19. The van der Waals surface area contributed by atoms with E-state index in [0.717, 1.165) is 12.0 Å². The summed E-state index contributed by atoms with van der Waals surface area (Å²) in [6, 6.07) is 7.42. The van der Waals surface area contributed by atoms with Crippen LogP contribution in [0.5, 0.6) is 0 Å². The van der Waals surface area contributed by atoms with Gasteiger partial charge >= 0.3 is 0 Å². The van der Waals surface area contributed by atoms with Crippen molar-refractivity contribution in [3.63, 3.8) is 0 Å². The summed E-state index contributed by atoms with van der Waals surface area (Å²) in [4.78, 5) is 25.7. The molecular formula is C15H23N3O2. The number of nitrogens with two attached hydrogens (primary N) is 1. The molecule has 0 bridgehead atoms. The van der Waals surface area contributed by atoms with Crippen LogP contribution in [-0.4, -0.2) is 43.4 Å². The Balaban J connectivity index is 2.96. The van der Waals surface area contributed by atoms with E-state index in [0.29, 0.717) is 25.1 Å². The first kappa shape index (κ1) is 16.2. The molecule has 0 unspecified atom stereocenters. The molecule has 0 radical (unpaired) electrons. The molecule has 0 heterocycles. The van der Waals surface area contributed by atoms with E-state index in [1.807, 2.05) is 25.1 Å². The quantitative estimate of drug-likeness (QED) is 0.773. The maximum atomic E-state index is 12.6. The molecule has 0 fully saturated rings. The minimum atomic E-state index is -0.164. The van der Waals surface area contributed by atoms with E-state index >= 15 is 0 Å². The van der Waals surface area contributed by atoms with Gasteiger partial charge in [-0.25, -0.2) is 0 Å². The number of carbonyl (C=O) groups excluding carboxylic acids is 2. The number of nitrogens with zero attached hydrogens (tertiary/aromatic N) is 1. The third kappa shape index (κ3) is 4.35. The van der Waals surface area contributed by atoms with Gasteiger partial charge in [-0.05, 0) is 31.0 Å². The second kappa shape index (κ2) is 8.32. The number of benzene rings is 1. The van der Waals surface area contributed by atoms with Crippen LogP contribution in [0.2, 0.25) is 0 Å². The maximum Gasteiger partial charge on any atom is 0.254 e. The van der Waals surface area contributed by atoms with E-state index in [4.69, 9.17) is 5.73 Å². The Labute approximate surface area is 120 Å². The van der Waals surface area contributed by atoms with Gasteiger partial charge in [-0.1, -0.05) is 25.1 Å². The average Bonchev–Trinajstić information content (AvgIpc) is 2.47. The highest BCUT2D eigenvalue weighted by atomic mass is 16.2. The molecule has 0 aliphatic heterocycles. The zero-order valence-electron chi connectivity index (χ0n) is 12.2. The van der Waals surface area contributed by atoms with Crippen LogP contribution in [0, 0.1) is 0 Å². The Morgan fingerprint density at radius 2 is 2.00 bits per heavy atom. The van der Waals surface area contributed by atoms with Crippen LogP contribution >= 0.6 is 0 Å². The standard InChI is InChI=1S/C15H23N3O2/c1-3-10-18(11-14(19)17-2)15(20)13-7-5-4-6-12(13)8-9-16/h4-7H,3,8-11,16H2,1-2H3,(H,17,19). The van der Waals surface area contributed by atoms with E-state index in [2.05, 4.69) is 5.32 Å². The van der Waals surface area contributed by atoms with Crippen LogP contribution in [0.4, 0.5) is 0 Å². The Morgan fingerprint density at radius 3 is 2.60 bits per heavy atom. The second-order valence-corrected chi connectivity index (χ2v) is 4.60.